The number of hydrogen-bond acceptors (Lipinski definition) is 4. The second-order valence-electron chi connectivity index (χ2n) is 5.46. The van der Waals surface area contributed by atoms with Crippen molar-refractivity contribution in [2.45, 2.75) is 26.2 Å². The quantitative estimate of drug-likeness (QED) is 0.470. The Morgan fingerprint density at radius 2 is 1.90 bits per heavy atom. The Hall–Kier alpha value is -1.82. The second-order valence-corrected chi connectivity index (χ2v) is 6.27. The van der Waals surface area contributed by atoms with Crippen molar-refractivity contribution in [3.05, 3.63) is 50.9 Å². The fourth-order valence-electron chi connectivity index (χ4n) is 1.68. The van der Waals surface area contributed by atoms with E-state index in [1.54, 1.807) is 18.2 Å². The minimum Gasteiger partial charge on any atom is -0.258 e. The zero-order valence-electron chi connectivity index (χ0n) is 11.4. The molecule has 0 spiro atoms. The predicted octanol–water partition coefficient (Wildman–Crippen LogP) is 4.11. The lowest BCUT2D eigenvalue weighted by Gasteiger charge is -2.17. The first-order chi connectivity index (χ1) is 9.27. The van der Waals surface area contributed by atoms with E-state index in [1.807, 2.05) is 20.8 Å². The van der Waals surface area contributed by atoms with Gasteiger partial charge in [-0.1, -0.05) is 32.9 Å². The summed E-state index contributed by atoms with van der Waals surface area (Å²) in [6.45, 7) is 6.06. The van der Waals surface area contributed by atoms with E-state index in [0.717, 1.165) is 0 Å². The van der Waals surface area contributed by atoms with Crippen molar-refractivity contribution in [3.63, 3.8) is 0 Å². The summed E-state index contributed by atoms with van der Waals surface area (Å²) in [7, 11) is 0. The van der Waals surface area contributed by atoms with E-state index < -0.39 is 4.92 Å². The highest BCUT2D eigenvalue weighted by atomic mass is 79.9. The van der Waals surface area contributed by atoms with E-state index in [9.17, 15) is 10.1 Å². The van der Waals surface area contributed by atoms with Gasteiger partial charge in [0.1, 0.15) is 10.4 Å². The van der Waals surface area contributed by atoms with Crippen molar-refractivity contribution in [2.75, 3.05) is 0 Å². The van der Waals surface area contributed by atoms with Crippen LogP contribution in [0.3, 0.4) is 0 Å². The summed E-state index contributed by atoms with van der Waals surface area (Å²) in [5.41, 5.74) is 1.22. The van der Waals surface area contributed by atoms with Crippen LogP contribution in [0.2, 0.25) is 0 Å². The number of nitro groups is 1. The Labute approximate surface area is 125 Å². The monoisotopic (exact) mass is 335 g/mol. The standard InChI is InChI=1S/C14H14BrN3O2/c1-14(2,3)13-16-11(8-12(15)17-13)9-5-4-6-10(7-9)18(19)20/h4-8H,1-3H3. The lowest BCUT2D eigenvalue weighted by molar-refractivity contribution is -0.384. The molecule has 20 heavy (non-hydrogen) atoms. The van der Waals surface area contributed by atoms with Crippen LogP contribution in [0, 0.1) is 10.1 Å². The van der Waals surface area contributed by atoms with Gasteiger partial charge in [-0.25, -0.2) is 9.97 Å². The van der Waals surface area contributed by atoms with E-state index in [2.05, 4.69) is 25.9 Å². The average Bonchev–Trinajstić information content (AvgIpc) is 2.37. The number of hydrogen-bond donors (Lipinski definition) is 0. The molecule has 1 aromatic heterocycles. The van der Waals surface area contributed by atoms with Crippen molar-refractivity contribution in [1.82, 2.24) is 9.97 Å². The molecule has 0 unspecified atom stereocenters. The van der Waals surface area contributed by atoms with Gasteiger partial charge in [0.15, 0.2) is 0 Å². The van der Waals surface area contributed by atoms with Crippen LogP contribution in [0.1, 0.15) is 26.6 Å². The maximum Gasteiger partial charge on any atom is 0.270 e. The third-order valence-electron chi connectivity index (χ3n) is 2.72. The topological polar surface area (TPSA) is 68.9 Å². The van der Waals surface area contributed by atoms with Crippen LogP contribution in [0.5, 0.6) is 0 Å². The molecule has 0 radical (unpaired) electrons. The van der Waals surface area contributed by atoms with E-state index in [4.69, 9.17) is 0 Å². The van der Waals surface area contributed by atoms with Crippen molar-refractivity contribution < 1.29 is 4.92 Å². The van der Waals surface area contributed by atoms with Crippen LogP contribution in [0.25, 0.3) is 11.3 Å². The number of rotatable bonds is 2. The minimum atomic E-state index is -0.412. The van der Waals surface area contributed by atoms with Crippen molar-refractivity contribution in [3.8, 4) is 11.3 Å². The molecule has 0 aliphatic rings. The van der Waals surface area contributed by atoms with Gasteiger partial charge < -0.3 is 0 Å². The van der Waals surface area contributed by atoms with Gasteiger partial charge in [-0.05, 0) is 22.0 Å². The molecule has 1 aromatic carbocycles. The molecule has 0 atom stereocenters. The number of non-ortho nitro benzene ring substituents is 1. The fraction of sp³-hybridized carbons (Fsp3) is 0.286. The summed E-state index contributed by atoms with van der Waals surface area (Å²) >= 11 is 3.37. The van der Waals surface area contributed by atoms with Gasteiger partial charge >= 0.3 is 0 Å². The van der Waals surface area contributed by atoms with Crippen LogP contribution >= 0.6 is 15.9 Å². The molecule has 1 heterocycles. The van der Waals surface area contributed by atoms with E-state index in [0.29, 0.717) is 21.7 Å². The van der Waals surface area contributed by atoms with Crippen LogP contribution in [-0.2, 0) is 5.41 Å². The molecule has 0 bridgehead atoms. The number of halogens is 1. The van der Waals surface area contributed by atoms with Crippen LogP contribution in [0.15, 0.2) is 34.9 Å². The molecule has 2 aromatic rings. The highest BCUT2D eigenvalue weighted by Gasteiger charge is 2.19. The molecule has 2 rings (SSSR count). The number of benzene rings is 1. The zero-order valence-corrected chi connectivity index (χ0v) is 13.0. The number of aromatic nitrogens is 2. The normalized spacial score (nSPS) is 11.4. The third kappa shape index (κ3) is 3.19. The molecular formula is C14H14BrN3O2. The van der Waals surface area contributed by atoms with Crippen LogP contribution < -0.4 is 0 Å². The van der Waals surface area contributed by atoms with Crippen LogP contribution in [-0.4, -0.2) is 14.9 Å². The van der Waals surface area contributed by atoms with Crippen molar-refractivity contribution in [2.24, 2.45) is 0 Å². The molecule has 5 nitrogen and oxygen atoms in total. The first-order valence-electron chi connectivity index (χ1n) is 6.07. The average molecular weight is 336 g/mol. The fourth-order valence-corrected chi connectivity index (χ4v) is 2.06. The van der Waals surface area contributed by atoms with E-state index >= 15 is 0 Å². The summed E-state index contributed by atoms with van der Waals surface area (Å²) in [6, 6.07) is 8.19. The molecule has 0 aliphatic heterocycles. The van der Waals surface area contributed by atoms with Gasteiger partial charge in [0, 0.05) is 23.1 Å². The highest BCUT2D eigenvalue weighted by molar-refractivity contribution is 9.10. The molecule has 0 N–H and O–H groups in total. The molecule has 0 amide bonds. The summed E-state index contributed by atoms with van der Waals surface area (Å²) in [5, 5.41) is 10.8. The summed E-state index contributed by atoms with van der Waals surface area (Å²) < 4.78 is 0.666. The summed E-state index contributed by atoms with van der Waals surface area (Å²) in [5.74, 6) is 0.688. The molecule has 0 fully saturated rings. The molecule has 0 saturated heterocycles. The lowest BCUT2D eigenvalue weighted by Crippen LogP contribution is -2.16. The van der Waals surface area contributed by atoms with E-state index in [1.165, 1.54) is 12.1 Å². The second kappa shape index (κ2) is 5.28. The van der Waals surface area contributed by atoms with Gasteiger partial charge in [0.05, 0.1) is 10.6 Å². The highest BCUT2D eigenvalue weighted by Crippen LogP contribution is 2.27. The Kier molecular flexibility index (Phi) is 3.85. The molecular weight excluding hydrogens is 322 g/mol. The SMILES string of the molecule is CC(C)(C)c1nc(Br)cc(-c2cccc([N+](=O)[O-])c2)n1. The van der Waals surface area contributed by atoms with Crippen molar-refractivity contribution >= 4 is 21.6 Å². The van der Waals surface area contributed by atoms with E-state index in [-0.39, 0.29) is 11.1 Å². The largest absolute Gasteiger partial charge is 0.270 e. The summed E-state index contributed by atoms with van der Waals surface area (Å²) in [4.78, 5) is 19.3. The molecule has 0 saturated carbocycles. The smallest absolute Gasteiger partial charge is 0.258 e. The number of nitrogens with zero attached hydrogens (tertiary/aromatic N) is 3. The first-order valence-corrected chi connectivity index (χ1v) is 6.86. The maximum absolute atomic E-state index is 10.8. The van der Waals surface area contributed by atoms with Gasteiger partial charge in [0.2, 0.25) is 0 Å². The first kappa shape index (κ1) is 14.6. The van der Waals surface area contributed by atoms with Gasteiger partial charge in [-0.3, -0.25) is 10.1 Å². The molecule has 0 aliphatic carbocycles. The Bertz CT molecular complexity index is 666. The third-order valence-corrected chi connectivity index (χ3v) is 3.12. The Morgan fingerprint density at radius 3 is 2.50 bits per heavy atom. The van der Waals surface area contributed by atoms with Crippen LogP contribution in [0.4, 0.5) is 5.69 Å². The predicted molar refractivity (Wildman–Crippen MR) is 80.5 cm³/mol. The summed E-state index contributed by atoms with van der Waals surface area (Å²) in [6.07, 6.45) is 0. The Balaban J connectivity index is 2.55. The Morgan fingerprint density at radius 1 is 1.20 bits per heavy atom. The van der Waals surface area contributed by atoms with Gasteiger partial charge in [-0.2, -0.15) is 0 Å². The minimum absolute atomic E-state index is 0.0505. The van der Waals surface area contributed by atoms with Crippen molar-refractivity contribution in [1.29, 1.82) is 0 Å². The maximum atomic E-state index is 10.8. The zero-order chi connectivity index (χ0) is 14.9. The molecule has 6 heteroatoms. The molecule has 104 valence electrons. The lowest BCUT2D eigenvalue weighted by atomic mass is 9.95. The van der Waals surface area contributed by atoms with Gasteiger partial charge in [-0.15, -0.1) is 0 Å². The van der Waals surface area contributed by atoms with Gasteiger partial charge in [0.25, 0.3) is 5.69 Å². The number of nitro benzene ring substituents is 1.